The van der Waals surface area contributed by atoms with Crippen LogP contribution in [0.5, 0.6) is 11.5 Å². The number of esters is 1. The van der Waals surface area contributed by atoms with Crippen molar-refractivity contribution in [2.45, 2.75) is 17.6 Å². The molecule has 10 heteroatoms. The monoisotopic (exact) mass is 472 g/mol. The van der Waals surface area contributed by atoms with Gasteiger partial charge >= 0.3 is 5.97 Å². The molecule has 0 aliphatic carbocycles. The Morgan fingerprint density at radius 2 is 1.90 bits per heavy atom. The Kier molecular flexibility index (Phi) is 6.52. The number of halogens is 2. The van der Waals surface area contributed by atoms with Gasteiger partial charge in [-0.05, 0) is 30.7 Å². The quantitative estimate of drug-likeness (QED) is 0.670. The van der Waals surface area contributed by atoms with Gasteiger partial charge in [0, 0.05) is 31.7 Å². The number of carbonyl (C=O) groups excluding carboxylic acids is 1. The van der Waals surface area contributed by atoms with E-state index >= 15 is 0 Å². The van der Waals surface area contributed by atoms with Gasteiger partial charge in [0.05, 0.1) is 24.1 Å². The highest BCUT2D eigenvalue weighted by molar-refractivity contribution is 7.90. The van der Waals surface area contributed by atoms with Crippen molar-refractivity contribution in [1.29, 1.82) is 0 Å². The lowest BCUT2D eigenvalue weighted by Gasteiger charge is -2.30. The number of hydrogen-bond donors (Lipinski definition) is 1. The summed E-state index contributed by atoms with van der Waals surface area (Å²) in [5.74, 6) is -0.331. The van der Waals surface area contributed by atoms with E-state index in [0.717, 1.165) is 31.9 Å². The number of benzene rings is 2. The van der Waals surface area contributed by atoms with Gasteiger partial charge in [-0.25, -0.2) is 13.2 Å². The zero-order valence-corrected chi connectivity index (χ0v) is 18.9. The van der Waals surface area contributed by atoms with E-state index in [4.69, 9.17) is 21.1 Å². The van der Waals surface area contributed by atoms with Crippen LogP contribution in [-0.2, 0) is 20.3 Å². The number of carbonyl (C=O) groups is 1. The third kappa shape index (κ3) is 3.97. The zero-order valence-electron chi connectivity index (χ0n) is 16.5. The number of anilines is 1. The van der Waals surface area contributed by atoms with Crippen LogP contribution in [0.25, 0.3) is 0 Å². The summed E-state index contributed by atoms with van der Waals surface area (Å²) >= 11 is 6.69. The topological polar surface area (TPSA) is 84.9 Å². The molecule has 2 aromatic rings. The van der Waals surface area contributed by atoms with E-state index in [1.165, 1.54) is 13.2 Å². The van der Waals surface area contributed by atoms with Crippen LogP contribution in [0.4, 0.5) is 5.69 Å². The maximum atomic E-state index is 13.1. The van der Waals surface area contributed by atoms with E-state index in [-0.39, 0.29) is 34.4 Å². The number of hydrogen-bond acceptors (Lipinski definition) is 7. The van der Waals surface area contributed by atoms with E-state index in [1.807, 2.05) is 6.07 Å². The first-order valence-electron chi connectivity index (χ1n) is 9.22. The van der Waals surface area contributed by atoms with Crippen molar-refractivity contribution in [2.24, 2.45) is 0 Å². The minimum atomic E-state index is -3.75. The van der Waals surface area contributed by atoms with Crippen LogP contribution in [0, 0.1) is 6.92 Å². The van der Waals surface area contributed by atoms with Crippen molar-refractivity contribution in [3.05, 3.63) is 46.0 Å². The fraction of sp³-hybridized carbons (Fsp3) is 0.350. The lowest BCUT2D eigenvalue weighted by atomic mass is 10.1. The first kappa shape index (κ1) is 22.7. The highest BCUT2D eigenvalue weighted by Crippen LogP contribution is 2.46. The van der Waals surface area contributed by atoms with Crippen molar-refractivity contribution in [2.75, 3.05) is 38.2 Å². The molecule has 2 heterocycles. The summed E-state index contributed by atoms with van der Waals surface area (Å²) in [5.41, 5.74) is 1.98. The molecule has 30 heavy (non-hydrogen) atoms. The summed E-state index contributed by atoms with van der Waals surface area (Å²) in [6.45, 7) is 4.99. The van der Waals surface area contributed by atoms with Crippen molar-refractivity contribution in [3.8, 4) is 11.5 Å². The molecule has 0 atom stereocenters. The van der Waals surface area contributed by atoms with E-state index < -0.39 is 15.8 Å². The number of rotatable bonds is 2. The van der Waals surface area contributed by atoms with Gasteiger partial charge in [-0.3, -0.25) is 0 Å². The van der Waals surface area contributed by atoms with Crippen LogP contribution in [0.2, 0.25) is 5.02 Å². The molecule has 0 aromatic heterocycles. The van der Waals surface area contributed by atoms with Gasteiger partial charge in [0.15, 0.2) is 15.6 Å². The highest BCUT2D eigenvalue weighted by Gasteiger charge is 2.32. The number of methoxy groups -OCH3 is 1. The molecular weight excluding hydrogens is 451 g/mol. The molecule has 4 rings (SSSR count). The Labute approximate surface area is 186 Å². The molecule has 0 unspecified atom stereocenters. The minimum absolute atomic E-state index is 0. The lowest BCUT2D eigenvalue weighted by molar-refractivity contribution is 0.0600. The third-order valence-electron chi connectivity index (χ3n) is 5.16. The normalized spacial score (nSPS) is 17.0. The second kappa shape index (κ2) is 8.63. The molecular formula is C20H22Cl2N2O5S. The number of nitrogens with one attached hydrogen (secondary N) is 1. The van der Waals surface area contributed by atoms with Crippen molar-refractivity contribution in [1.82, 2.24) is 5.32 Å². The van der Waals surface area contributed by atoms with Gasteiger partial charge in [0.25, 0.3) is 0 Å². The number of fused-ring (bicyclic) bond motifs is 2. The highest BCUT2D eigenvalue weighted by atomic mass is 35.5. The smallest absolute Gasteiger partial charge is 0.337 e. The van der Waals surface area contributed by atoms with Gasteiger partial charge in [0.2, 0.25) is 0 Å². The first-order chi connectivity index (χ1) is 13.8. The van der Waals surface area contributed by atoms with Gasteiger partial charge in [-0.15, -0.1) is 12.4 Å². The summed E-state index contributed by atoms with van der Waals surface area (Å²) in [6.07, 6.45) is 0. The van der Waals surface area contributed by atoms with Crippen LogP contribution >= 0.6 is 24.0 Å². The molecule has 1 N–H and O–H groups in total. The van der Waals surface area contributed by atoms with Crippen molar-refractivity contribution in [3.63, 3.8) is 0 Å². The molecule has 0 amide bonds. The first-order valence-corrected chi connectivity index (χ1v) is 11.3. The summed E-state index contributed by atoms with van der Waals surface area (Å²) in [7, 11) is -2.50. The lowest BCUT2D eigenvalue weighted by Crippen LogP contribution is -2.43. The van der Waals surface area contributed by atoms with E-state index in [0.29, 0.717) is 21.9 Å². The Morgan fingerprint density at radius 3 is 2.57 bits per heavy atom. The Morgan fingerprint density at radius 1 is 1.20 bits per heavy atom. The minimum Gasteiger partial charge on any atom is -0.465 e. The maximum absolute atomic E-state index is 13.1. The second-order valence-electron chi connectivity index (χ2n) is 7.10. The molecule has 2 aliphatic rings. The van der Waals surface area contributed by atoms with E-state index in [9.17, 15) is 13.2 Å². The molecule has 1 saturated heterocycles. The molecule has 2 aliphatic heterocycles. The van der Waals surface area contributed by atoms with Crippen LogP contribution in [-0.4, -0.2) is 47.7 Å². The van der Waals surface area contributed by atoms with Crippen molar-refractivity contribution >= 4 is 45.5 Å². The third-order valence-corrected chi connectivity index (χ3v) is 7.19. The van der Waals surface area contributed by atoms with Gasteiger partial charge in [-0.2, -0.15) is 0 Å². The predicted octanol–water partition coefficient (Wildman–Crippen LogP) is 3.35. The average Bonchev–Trinajstić information content (AvgIpc) is 2.82. The Balaban J connectivity index is 0.00000256. The molecule has 2 aromatic carbocycles. The largest absolute Gasteiger partial charge is 0.465 e. The average molecular weight is 473 g/mol. The molecule has 7 nitrogen and oxygen atoms in total. The molecule has 0 radical (unpaired) electrons. The predicted molar refractivity (Wildman–Crippen MR) is 117 cm³/mol. The summed E-state index contributed by atoms with van der Waals surface area (Å²) < 4.78 is 37.0. The van der Waals surface area contributed by atoms with E-state index in [2.05, 4.69) is 10.2 Å². The number of aryl methyl sites for hydroxylation is 1. The molecule has 162 valence electrons. The van der Waals surface area contributed by atoms with Gasteiger partial charge in [0.1, 0.15) is 15.7 Å². The fourth-order valence-electron chi connectivity index (χ4n) is 3.68. The van der Waals surface area contributed by atoms with Crippen LogP contribution in [0.3, 0.4) is 0 Å². The fourth-order valence-corrected chi connectivity index (χ4v) is 5.61. The van der Waals surface area contributed by atoms with E-state index in [1.54, 1.807) is 19.1 Å². The second-order valence-corrected chi connectivity index (χ2v) is 9.43. The number of ether oxygens (including phenoxy) is 2. The van der Waals surface area contributed by atoms with Gasteiger partial charge in [-0.1, -0.05) is 17.7 Å². The summed E-state index contributed by atoms with van der Waals surface area (Å²) in [5, 5.41) is 3.69. The summed E-state index contributed by atoms with van der Waals surface area (Å²) in [6, 6.07) is 6.45. The van der Waals surface area contributed by atoms with Crippen LogP contribution in [0.15, 0.2) is 29.2 Å². The van der Waals surface area contributed by atoms with Crippen molar-refractivity contribution < 1.29 is 22.7 Å². The standard InChI is InChI=1S/C20H21ClN2O5S.ClH/c1-12-9-14(20(24)27-2)10-16-18(12)28-19-13(11-29(16,25)26)3-4-15(17(19)21)23-7-5-22-6-8-23;/h3-4,9-10,22H,5-8,11H2,1-2H3;1H. The SMILES string of the molecule is COC(=O)c1cc(C)c2c(c1)S(=O)(=O)Cc1ccc(N3CCNCC3)c(Cl)c1O2.Cl. The maximum Gasteiger partial charge on any atom is 0.337 e. The summed E-state index contributed by atoms with van der Waals surface area (Å²) in [4.78, 5) is 14.1. The van der Waals surface area contributed by atoms with Crippen LogP contribution in [0.1, 0.15) is 21.5 Å². The van der Waals surface area contributed by atoms with Crippen LogP contribution < -0.4 is 15.0 Å². The zero-order chi connectivity index (χ0) is 20.8. The number of nitrogens with zero attached hydrogens (tertiary/aromatic N) is 1. The molecule has 0 saturated carbocycles. The molecule has 1 fully saturated rings. The number of piperazine rings is 1. The Bertz CT molecular complexity index is 1100. The Hall–Kier alpha value is -2.00. The molecule has 0 spiro atoms. The number of sulfone groups is 1. The van der Waals surface area contributed by atoms with Gasteiger partial charge < -0.3 is 19.7 Å². The molecule has 0 bridgehead atoms.